The molecule has 0 saturated carbocycles. The van der Waals surface area contributed by atoms with Gasteiger partial charge >= 0.3 is 5.97 Å². The lowest BCUT2D eigenvalue weighted by atomic mass is 9.93. The molecule has 0 aliphatic carbocycles. The lowest BCUT2D eigenvalue weighted by Gasteiger charge is -2.39. The number of nitrogen functional groups attached to an aromatic ring is 1. The standard InChI is InChI=1S/C18H26N4O4.C5H5N.C5H12/c1-2-3-13-4-5-14(21-18(13)19)8-12-10-22(11-12)16(24)9-15(23)20-7-6-17(25)26;1-2-4-6-5-3-1;1-3-5-4-2/h4-5,12H,2-3,6-11H2,1H3,(H2,19,21)(H,20,23)(H,25,26);1-5H;3-5H2,1-2H3. The second kappa shape index (κ2) is 18.7. The van der Waals surface area contributed by atoms with Gasteiger partial charge in [-0.25, -0.2) is 4.98 Å². The molecule has 3 rings (SSSR count). The van der Waals surface area contributed by atoms with Crippen LogP contribution in [0.5, 0.6) is 0 Å². The topological polar surface area (TPSA) is 139 Å². The summed E-state index contributed by atoms with van der Waals surface area (Å²) < 4.78 is 0. The second-order valence-electron chi connectivity index (χ2n) is 9.01. The maximum Gasteiger partial charge on any atom is 0.305 e. The van der Waals surface area contributed by atoms with Crippen molar-refractivity contribution in [3.8, 4) is 0 Å². The number of carbonyl (C=O) groups is 3. The Kier molecular flexibility index (Phi) is 16.0. The van der Waals surface area contributed by atoms with E-state index in [0.29, 0.717) is 24.8 Å². The largest absolute Gasteiger partial charge is 0.481 e. The Morgan fingerprint density at radius 2 is 1.73 bits per heavy atom. The number of hydrogen-bond acceptors (Lipinski definition) is 6. The van der Waals surface area contributed by atoms with E-state index in [-0.39, 0.29) is 25.3 Å². The van der Waals surface area contributed by atoms with Crippen LogP contribution >= 0.6 is 0 Å². The highest BCUT2D eigenvalue weighted by Gasteiger charge is 2.31. The first kappa shape index (κ1) is 31.5. The van der Waals surface area contributed by atoms with Crippen molar-refractivity contribution in [1.82, 2.24) is 20.2 Å². The van der Waals surface area contributed by atoms with Crippen molar-refractivity contribution in [2.75, 3.05) is 25.4 Å². The van der Waals surface area contributed by atoms with Gasteiger partial charge in [-0.15, -0.1) is 0 Å². The molecule has 1 aliphatic rings. The number of aryl methyl sites for hydroxylation is 1. The number of carboxylic acid groups (broad SMARTS) is 1. The summed E-state index contributed by atoms with van der Waals surface area (Å²) in [6, 6.07) is 9.72. The highest BCUT2D eigenvalue weighted by Crippen LogP contribution is 2.22. The van der Waals surface area contributed by atoms with Crippen LogP contribution in [0, 0.1) is 5.92 Å². The molecule has 0 radical (unpaired) electrons. The molecule has 2 aromatic heterocycles. The molecule has 2 amide bonds. The number of hydrogen-bond donors (Lipinski definition) is 3. The molecule has 1 fully saturated rings. The third-order valence-electron chi connectivity index (χ3n) is 5.64. The first-order valence-corrected chi connectivity index (χ1v) is 13.2. The number of pyridine rings is 2. The zero-order chi connectivity index (χ0) is 27.5. The number of nitrogens with zero attached hydrogens (tertiary/aromatic N) is 3. The third kappa shape index (κ3) is 14.0. The van der Waals surface area contributed by atoms with Gasteiger partial charge in [-0.3, -0.25) is 19.4 Å². The molecule has 0 unspecified atom stereocenters. The van der Waals surface area contributed by atoms with Crippen molar-refractivity contribution in [3.05, 3.63) is 54.0 Å². The zero-order valence-corrected chi connectivity index (χ0v) is 22.5. The van der Waals surface area contributed by atoms with E-state index in [4.69, 9.17) is 10.8 Å². The summed E-state index contributed by atoms with van der Waals surface area (Å²) in [5, 5.41) is 10.9. The van der Waals surface area contributed by atoms with E-state index in [2.05, 4.69) is 36.1 Å². The molecule has 0 bridgehead atoms. The minimum atomic E-state index is -0.987. The third-order valence-corrected chi connectivity index (χ3v) is 5.64. The number of nitrogens with two attached hydrogens (primary N) is 1. The first-order valence-electron chi connectivity index (χ1n) is 13.2. The van der Waals surface area contributed by atoms with Gasteiger partial charge in [-0.05, 0) is 42.5 Å². The molecule has 9 nitrogen and oxygen atoms in total. The summed E-state index contributed by atoms with van der Waals surface area (Å²) in [4.78, 5) is 43.9. The average Bonchev–Trinajstić information content (AvgIpc) is 2.85. The molecule has 2 aromatic rings. The van der Waals surface area contributed by atoms with E-state index in [9.17, 15) is 14.4 Å². The number of amides is 2. The molecule has 9 heteroatoms. The molecule has 3 heterocycles. The minimum absolute atomic E-state index is 0.0329. The number of nitrogens with one attached hydrogen (secondary N) is 1. The van der Waals surface area contributed by atoms with Crippen molar-refractivity contribution < 1.29 is 19.5 Å². The molecule has 37 heavy (non-hydrogen) atoms. The van der Waals surface area contributed by atoms with E-state index >= 15 is 0 Å². The zero-order valence-electron chi connectivity index (χ0n) is 22.5. The number of unbranched alkanes of at least 4 members (excludes halogenated alkanes) is 2. The monoisotopic (exact) mass is 513 g/mol. The smallest absolute Gasteiger partial charge is 0.305 e. The number of carbonyl (C=O) groups excluding carboxylic acids is 2. The number of aliphatic carboxylic acids is 1. The molecule has 1 saturated heterocycles. The maximum absolute atomic E-state index is 12.0. The maximum atomic E-state index is 12.0. The summed E-state index contributed by atoms with van der Waals surface area (Å²) in [5.41, 5.74) is 7.96. The van der Waals surface area contributed by atoms with E-state index in [1.54, 1.807) is 17.3 Å². The summed E-state index contributed by atoms with van der Waals surface area (Å²) in [5.74, 6) is -0.771. The first-order chi connectivity index (χ1) is 17.8. The Bertz CT molecular complexity index is 905. The highest BCUT2D eigenvalue weighted by molar-refractivity contribution is 5.97. The molecule has 0 aromatic carbocycles. The van der Waals surface area contributed by atoms with Gasteiger partial charge in [0.05, 0.1) is 6.42 Å². The molecular formula is C28H43N5O4. The Morgan fingerprint density at radius 3 is 2.19 bits per heavy atom. The van der Waals surface area contributed by atoms with E-state index in [0.717, 1.165) is 30.5 Å². The van der Waals surface area contributed by atoms with Crippen LogP contribution in [0.1, 0.15) is 70.6 Å². The SMILES string of the molecule is CCCCC.CCCc1ccc(CC2CN(C(=O)CC(=O)NCCC(=O)O)C2)nc1N.c1ccncc1. The van der Waals surface area contributed by atoms with E-state index in [1.165, 1.54) is 19.3 Å². The molecule has 0 spiro atoms. The van der Waals surface area contributed by atoms with Crippen LogP contribution in [0.15, 0.2) is 42.7 Å². The summed E-state index contributed by atoms with van der Waals surface area (Å²) in [6.07, 6.45) is 9.87. The van der Waals surface area contributed by atoms with Gasteiger partial charge in [0.25, 0.3) is 0 Å². The van der Waals surface area contributed by atoms with Crippen molar-refractivity contribution in [3.63, 3.8) is 0 Å². The summed E-state index contributed by atoms with van der Waals surface area (Å²) in [7, 11) is 0. The lowest BCUT2D eigenvalue weighted by Crippen LogP contribution is -2.51. The van der Waals surface area contributed by atoms with Crippen LogP contribution in [0.2, 0.25) is 0 Å². The number of carboxylic acids is 1. The average molecular weight is 514 g/mol. The van der Waals surface area contributed by atoms with Crippen LogP contribution < -0.4 is 11.1 Å². The van der Waals surface area contributed by atoms with Gasteiger partial charge in [0, 0.05) is 37.7 Å². The lowest BCUT2D eigenvalue weighted by molar-refractivity contribution is -0.141. The van der Waals surface area contributed by atoms with Crippen LogP contribution in [-0.2, 0) is 27.2 Å². The molecule has 0 atom stereocenters. The van der Waals surface area contributed by atoms with Crippen molar-refractivity contribution in [2.45, 2.75) is 72.1 Å². The van der Waals surface area contributed by atoms with Crippen molar-refractivity contribution >= 4 is 23.6 Å². The minimum Gasteiger partial charge on any atom is -0.481 e. The number of aromatic nitrogens is 2. The normalized spacial score (nSPS) is 12.2. The predicted octanol–water partition coefficient (Wildman–Crippen LogP) is 3.88. The Labute approximate surface area is 220 Å². The quantitative estimate of drug-likeness (QED) is 0.388. The van der Waals surface area contributed by atoms with Crippen molar-refractivity contribution in [1.29, 1.82) is 0 Å². The fraction of sp³-hybridized carbons (Fsp3) is 0.536. The van der Waals surface area contributed by atoms with Gasteiger partial charge in [0.1, 0.15) is 12.2 Å². The number of rotatable bonds is 11. The fourth-order valence-electron chi connectivity index (χ4n) is 3.63. The molecule has 4 N–H and O–H groups in total. The van der Waals surface area contributed by atoms with Crippen LogP contribution in [0.4, 0.5) is 5.82 Å². The number of likely N-dealkylation sites (tertiary alicyclic amines) is 1. The second-order valence-corrected chi connectivity index (χ2v) is 9.01. The van der Waals surface area contributed by atoms with Crippen LogP contribution in [-0.4, -0.2) is 57.4 Å². The van der Waals surface area contributed by atoms with Gasteiger partial charge in [0.15, 0.2) is 0 Å². The molecular weight excluding hydrogens is 470 g/mol. The van der Waals surface area contributed by atoms with Gasteiger partial charge in [-0.2, -0.15) is 0 Å². The Balaban J connectivity index is 0.000000513. The molecule has 204 valence electrons. The van der Waals surface area contributed by atoms with Gasteiger partial charge < -0.3 is 21.1 Å². The molecule has 1 aliphatic heterocycles. The van der Waals surface area contributed by atoms with E-state index < -0.39 is 11.9 Å². The highest BCUT2D eigenvalue weighted by atomic mass is 16.4. The van der Waals surface area contributed by atoms with Gasteiger partial charge in [0.2, 0.25) is 11.8 Å². The fourth-order valence-corrected chi connectivity index (χ4v) is 3.63. The summed E-state index contributed by atoms with van der Waals surface area (Å²) >= 11 is 0. The van der Waals surface area contributed by atoms with Gasteiger partial charge in [-0.1, -0.05) is 58.6 Å². The number of anilines is 1. The van der Waals surface area contributed by atoms with Crippen LogP contribution in [0.25, 0.3) is 0 Å². The Morgan fingerprint density at radius 1 is 1.05 bits per heavy atom. The van der Waals surface area contributed by atoms with Crippen molar-refractivity contribution in [2.24, 2.45) is 5.92 Å². The van der Waals surface area contributed by atoms with E-state index in [1.807, 2.05) is 30.3 Å². The predicted molar refractivity (Wildman–Crippen MR) is 146 cm³/mol. The summed E-state index contributed by atoms with van der Waals surface area (Å²) in [6.45, 7) is 7.75. The van der Waals surface area contributed by atoms with Crippen LogP contribution in [0.3, 0.4) is 0 Å². The Hall–Kier alpha value is -3.49.